The van der Waals surface area contributed by atoms with Gasteiger partial charge in [-0.3, -0.25) is 0 Å². The molecule has 492 valence electrons. The van der Waals surface area contributed by atoms with E-state index in [-0.39, 0.29) is 11.8 Å². The second-order valence-electron chi connectivity index (χ2n) is 28.1. The third-order valence-corrected chi connectivity index (χ3v) is 22.8. The zero-order chi connectivity index (χ0) is 63.5. The zero-order valence-electron chi connectivity index (χ0n) is 51.0. The minimum absolute atomic E-state index is 0.113. The molecule has 4 heterocycles. The molecular formula is C60H96O26. The minimum atomic E-state index is -2.16. The van der Waals surface area contributed by atoms with E-state index in [9.17, 15) is 81.1 Å². The fraction of sp³-hybridized carbons (Fsp3) is 0.900. The summed E-state index contributed by atoms with van der Waals surface area (Å²) >= 11 is 0. The maximum Gasteiger partial charge on any atom is 0.337 e. The summed E-state index contributed by atoms with van der Waals surface area (Å²) in [7, 11) is 1.03. The topological polar surface area (TPSA) is 410 Å². The largest absolute Gasteiger partial charge is 0.467 e. The average molecular weight is 1230 g/mol. The summed E-state index contributed by atoms with van der Waals surface area (Å²) in [5, 5.41) is 158. The fourth-order valence-corrected chi connectivity index (χ4v) is 17.5. The number of fused-ring (bicyclic) bond motifs is 7. The Balaban J connectivity index is 1.06. The van der Waals surface area contributed by atoms with E-state index in [2.05, 4.69) is 33.8 Å². The van der Waals surface area contributed by atoms with E-state index < -0.39 is 217 Å². The maximum absolute atomic E-state index is 13.8. The molecule has 4 aliphatic heterocycles. The van der Waals surface area contributed by atoms with Crippen LogP contribution in [-0.4, -0.2) is 258 Å². The number of hydrogen-bond donors (Lipinski definition) is 14. The lowest BCUT2D eigenvalue weighted by molar-refractivity contribution is -0.406. The fourth-order valence-electron chi connectivity index (χ4n) is 17.5. The summed E-state index contributed by atoms with van der Waals surface area (Å²) in [4.78, 5) is 27.3. The number of methoxy groups -OCH3 is 1. The lowest BCUT2D eigenvalue weighted by atomic mass is 9.32. The van der Waals surface area contributed by atoms with Crippen LogP contribution in [-0.2, 0) is 57.0 Å². The van der Waals surface area contributed by atoms with Gasteiger partial charge in [0.2, 0.25) is 0 Å². The highest BCUT2D eigenvalue weighted by atomic mass is 16.8. The first kappa shape index (κ1) is 67.9. The Hall–Kier alpha value is -2.46. The van der Waals surface area contributed by atoms with Crippen LogP contribution >= 0.6 is 0 Å². The van der Waals surface area contributed by atoms with E-state index in [0.29, 0.717) is 50.5 Å². The highest BCUT2D eigenvalue weighted by molar-refractivity contribution is 5.87. The summed E-state index contributed by atoms with van der Waals surface area (Å²) in [6, 6.07) is 0. The molecule has 4 saturated carbocycles. The molecule has 9 aliphatic rings. The van der Waals surface area contributed by atoms with Crippen LogP contribution in [0.5, 0.6) is 0 Å². The number of carbonyl (C=O) groups is 2. The lowest BCUT2D eigenvalue weighted by Crippen LogP contribution is -2.74. The van der Waals surface area contributed by atoms with Gasteiger partial charge in [-0.2, -0.15) is 0 Å². The standard InChI is InChI=1S/C60H96O26/c1-12-24(2)49(75)81-33-20-55(4,5)19-27-26-13-14-31-57(8)17-16-32(56(6,7)30(57)15-18-58(31,9)59(26,10)47(73)48(74)60(27,33)23-63)82-54-46(86-52-41(71)38(68)35(65)28(21-61)79-52)43(42(72)44(84-54)50(76)77-11)83-53-45(39(69)36(66)29(22-62)80-53)85-51-40(70)37(67)34(64)25(3)78-51/h12-13,25,27-48,51-54,61-74H,14-23H2,1-11H3/b24-12-/t25-,27-,28-,29-,30+,31-,32+,33+,34-,35-,36+,37-,38+,39?,40-,41-,42+,43+,44+,45-,46-,47+,48-,51?,52+,53+,54-,57+,58-,59+,60-/m1/s1. The van der Waals surface area contributed by atoms with Gasteiger partial charge < -0.3 is 119 Å². The van der Waals surface area contributed by atoms with Crippen molar-refractivity contribution in [3.05, 3.63) is 23.3 Å². The van der Waals surface area contributed by atoms with Crippen LogP contribution in [0.3, 0.4) is 0 Å². The molecule has 14 N–H and O–H groups in total. The molecule has 0 bridgehead atoms. The number of aliphatic hydroxyl groups is 14. The summed E-state index contributed by atoms with van der Waals surface area (Å²) in [6.45, 7) is 17.1. The molecule has 8 fully saturated rings. The molecule has 26 heteroatoms. The predicted octanol–water partition coefficient (Wildman–Crippen LogP) is -1.92. The van der Waals surface area contributed by atoms with Crippen molar-refractivity contribution in [2.24, 2.45) is 50.2 Å². The highest BCUT2D eigenvalue weighted by Gasteiger charge is 2.75. The second kappa shape index (κ2) is 24.9. The molecule has 0 radical (unpaired) electrons. The highest BCUT2D eigenvalue weighted by Crippen LogP contribution is 2.76. The number of aliphatic hydroxyl groups excluding tert-OH is 14. The number of ether oxygens (including phenoxy) is 10. The van der Waals surface area contributed by atoms with Crippen molar-refractivity contribution in [2.75, 3.05) is 26.9 Å². The van der Waals surface area contributed by atoms with Gasteiger partial charge in [-0.15, -0.1) is 0 Å². The average Bonchev–Trinajstić information content (AvgIpc) is 0.667. The number of carbonyl (C=O) groups excluding carboxylic acids is 2. The first-order chi connectivity index (χ1) is 40.2. The molecule has 0 aromatic rings. The molecule has 31 atom stereocenters. The maximum atomic E-state index is 13.8. The monoisotopic (exact) mass is 1230 g/mol. The van der Waals surface area contributed by atoms with Gasteiger partial charge in [-0.25, -0.2) is 9.59 Å². The van der Waals surface area contributed by atoms with E-state index in [1.165, 1.54) is 6.92 Å². The first-order valence-corrected chi connectivity index (χ1v) is 30.4. The van der Waals surface area contributed by atoms with E-state index in [0.717, 1.165) is 12.7 Å². The van der Waals surface area contributed by atoms with Gasteiger partial charge in [0, 0.05) is 11.0 Å². The summed E-state index contributed by atoms with van der Waals surface area (Å²) in [5.74, 6) is -2.44. The van der Waals surface area contributed by atoms with Crippen LogP contribution < -0.4 is 0 Å². The molecule has 4 saturated heterocycles. The first-order valence-electron chi connectivity index (χ1n) is 30.4. The van der Waals surface area contributed by atoms with Crippen molar-refractivity contribution >= 4 is 11.9 Å². The van der Waals surface area contributed by atoms with Gasteiger partial charge in [0.05, 0.1) is 56.8 Å². The van der Waals surface area contributed by atoms with Gasteiger partial charge in [0.25, 0.3) is 0 Å². The third-order valence-electron chi connectivity index (χ3n) is 22.8. The van der Waals surface area contributed by atoms with Crippen LogP contribution in [0.1, 0.15) is 114 Å². The smallest absolute Gasteiger partial charge is 0.337 e. The molecular weight excluding hydrogens is 1140 g/mol. The van der Waals surface area contributed by atoms with Crippen molar-refractivity contribution in [1.29, 1.82) is 0 Å². The number of hydrogen-bond acceptors (Lipinski definition) is 26. The molecule has 5 aliphatic carbocycles. The Bertz CT molecular complexity index is 2480. The molecule has 26 nitrogen and oxygen atoms in total. The van der Waals surface area contributed by atoms with Gasteiger partial charge in [0.1, 0.15) is 91.6 Å². The van der Waals surface area contributed by atoms with Crippen molar-refractivity contribution in [2.45, 2.75) is 261 Å². The van der Waals surface area contributed by atoms with Crippen LogP contribution in [0.15, 0.2) is 23.3 Å². The van der Waals surface area contributed by atoms with Crippen LogP contribution in [0.2, 0.25) is 0 Å². The Labute approximate surface area is 500 Å². The summed E-state index contributed by atoms with van der Waals surface area (Å²) < 4.78 is 61.0. The van der Waals surface area contributed by atoms with Crippen molar-refractivity contribution < 1.29 is 128 Å². The molecule has 2 unspecified atom stereocenters. The zero-order valence-corrected chi connectivity index (χ0v) is 51.0. The van der Waals surface area contributed by atoms with Gasteiger partial charge in [-0.05, 0) is 105 Å². The van der Waals surface area contributed by atoms with Gasteiger partial charge >= 0.3 is 11.9 Å². The summed E-state index contributed by atoms with van der Waals surface area (Å²) in [6.07, 6.45) is -34.5. The normalized spacial score (nSPS) is 51.8. The SMILES string of the molecule is C/C=C(/C)C(=O)O[C@H]1CC(C)(C)C[C@@H]2C3=CC[C@@H]4[C@@]5(C)CC[C@H](O[C@@H]6O[C@H](C(=O)OC)[C@@H](O)[C@H](O[C@@H]7O[C@H](CO)[C@H](O)C(O)[C@H]7OC7O[C@H](C)[C@@H](O)[C@@H](O)[C@H]7O)[C@H]6O[C@@H]6O[C@H](CO)[C@@H](O)[C@H](O)[C@H]6O)C(C)(C)[C@@H]5CC[C@@]4(C)[C@]3(C)[C@@H](O)[C@@H](O)[C@@]12CO. The predicted molar refractivity (Wildman–Crippen MR) is 294 cm³/mol. The second-order valence-corrected chi connectivity index (χ2v) is 28.1. The molecule has 86 heavy (non-hydrogen) atoms. The Kier molecular flexibility index (Phi) is 19.6. The van der Waals surface area contributed by atoms with Crippen LogP contribution in [0, 0.1) is 50.2 Å². The molecule has 0 spiro atoms. The minimum Gasteiger partial charge on any atom is -0.467 e. The van der Waals surface area contributed by atoms with Crippen LogP contribution in [0.25, 0.3) is 0 Å². The molecule has 0 aromatic carbocycles. The van der Waals surface area contributed by atoms with E-state index in [4.69, 9.17) is 47.4 Å². The van der Waals surface area contributed by atoms with Crippen molar-refractivity contribution in [1.82, 2.24) is 0 Å². The quantitative estimate of drug-likeness (QED) is 0.0390. The van der Waals surface area contributed by atoms with E-state index >= 15 is 0 Å². The Morgan fingerprint density at radius 2 is 1.19 bits per heavy atom. The van der Waals surface area contributed by atoms with Gasteiger partial charge in [0.15, 0.2) is 31.3 Å². The van der Waals surface area contributed by atoms with E-state index in [1.54, 1.807) is 19.9 Å². The Morgan fingerprint density at radius 1 is 0.616 bits per heavy atom. The number of rotatable bonds is 14. The number of allylic oxidation sites excluding steroid dienone is 2. The lowest BCUT2D eigenvalue weighted by Gasteiger charge is -2.73. The third kappa shape index (κ3) is 10.9. The van der Waals surface area contributed by atoms with Crippen molar-refractivity contribution in [3.63, 3.8) is 0 Å². The molecule has 9 rings (SSSR count). The Morgan fingerprint density at radius 3 is 1.79 bits per heavy atom. The summed E-state index contributed by atoms with van der Waals surface area (Å²) in [5.41, 5.74) is -3.49. The van der Waals surface area contributed by atoms with Gasteiger partial charge in [-0.1, -0.05) is 66.2 Å². The van der Waals surface area contributed by atoms with Crippen LogP contribution in [0.4, 0.5) is 0 Å². The molecule has 0 amide bonds. The van der Waals surface area contributed by atoms with Crippen molar-refractivity contribution in [3.8, 4) is 0 Å². The number of esters is 2. The van der Waals surface area contributed by atoms with E-state index in [1.807, 2.05) is 20.8 Å². The molecule has 0 aromatic heterocycles.